The van der Waals surface area contributed by atoms with Crippen LogP contribution in [0.2, 0.25) is 0 Å². The molecule has 0 aliphatic heterocycles. The first-order valence-electron chi connectivity index (χ1n) is 8.43. The average molecular weight is 417 g/mol. The second-order valence-corrected chi connectivity index (χ2v) is 8.27. The molecular formula is C19H20N4O3S2. The SMILES string of the molecule is COc1ccc(Nc2nnc(S[C@H](C)C(=O)Nc3cccc(OC)c3)s2)cc1. The van der Waals surface area contributed by atoms with Crippen molar-refractivity contribution >= 4 is 45.5 Å². The monoisotopic (exact) mass is 416 g/mol. The van der Waals surface area contributed by atoms with E-state index in [-0.39, 0.29) is 11.2 Å². The van der Waals surface area contributed by atoms with Crippen molar-refractivity contribution in [2.75, 3.05) is 24.9 Å². The standard InChI is InChI=1S/C19H20N4O3S2/c1-12(17(24)20-14-5-4-6-16(11-14)26-3)27-19-23-22-18(28-19)21-13-7-9-15(25-2)10-8-13/h4-12H,1-3H3,(H,20,24)(H,21,22)/t12-/m1/s1. The van der Waals surface area contributed by atoms with Crippen LogP contribution in [0.15, 0.2) is 52.9 Å². The van der Waals surface area contributed by atoms with Crippen molar-refractivity contribution in [2.24, 2.45) is 0 Å². The van der Waals surface area contributed by atoms with Crippen molar-refractivity contribution in [1.82, 2.24) is 10.2 Å². The Hall–Kier alpha value is -2.78. The first-order valence-corrected chi connectivity index (χ1v) is 10.1. The Labute approximate surface area is 171 Å². The molecule has 0 bridgehead atoms. The van der Waals surface area contributed by atoms with E-state index in [1.165, 1.54) is 23.1 Å². The maximum absolute atomic E-state index is 12.4. The summed E-state index contributed by atoms with van der Waals surface area (Å²) in [5, 5.41) is 14.7. The number of carbonyl (C=O) groups excluding carboxylic acids is 1. The van der Waals surface area contributed by atoms with Crippen LogP contribution in [0, 0.1) is 0 Å². The van der Waals surface area contributed by atoms with Crippen LogP contribution in [0.3, 0.4) is 0 Å². The Balaban J connectivity index is 1.56. The van der Waals surface area contributed by atoms with Crippen molar-refractivity contribution in [3.63, 3.8) is 0 Å². The number of ether oxygens (including phenoxy) is 2. The molecule has 0 unspecified atom stereocenters. The lowest BCUT2D eigenvalue weighted by molar-refractivity contribution is -0.115. The van der Waals surface area contributed by atoms with Gasteiger partial charge >= 0.3 is 0 Å². The molecule has 7 nitrogen and oxygen atoms in total. The predicted octanol–water partition coefficient (Wildman–Crippen LogP) is 4.42. The molecular weight excluding hydrogens is 396 g/mol. The number of amides is 1. The zero-order valence-electron chi connectivity index (χ0n) is 15.6. The van der Waals surface area contributed by atoms with Crippen molar-refractivity contribution in [3.8, 4) is 11.5 Å². The molecule has 2 N–H and O–H groups in total. The summed E-state index contributed by atoms with van der Waals surface area (Å²) >= 11 is 2.75. The van der Waals surface area contributed by atoms with Crippen LogP contribution >= 0.6 is 23.1 Å². The zero-order valence-corrected chi connectivity index (χ0v) is 17.3. The molecule has 1 heterocycles. The van der Waals surface area contributed by atoms with Crippen molar-refractivity contribution < 1.29 is 14.3 Å². The van der Waals surface area contributed by atoms with Gasteiger partial charge in [0.1, 0.15) is 11.5 Å². The lowest BCUT2D eigenvalue weighted by Gasteiger charge is -2.11. The summed E-state index contributed by atoms with van der Waals surface area (Å²) in [6.07, 6.45) is 0. The molecule has 1 atom stereocenters. The van der Waals surface area contributed by atoms with Gasteiger partial charge in [0.15, 0.2) is 4.34 Å². The molecule has 0 saturated heterocycles. The van der Waals surface area contributed by atoms with Crippen molar-refractivity contribution in [3.05, 3.63) is 48.5 Å². The van der Waals surface area contributed by atoms with E-state index in [0.717, 1.165) is 11.4 Å². The van der Waals surface area contributed by atoms with Gasteiger partial charge in [-0.2, -0.15) is 0 Å². The number of benzene rings is 2. The summed E-state index contributed by atoms with van der Waals surface area (Å²) in [5.41, 5.74) is 1.58. The van der Waals surface area contributed by atoms with Gasteiger partial charge in [-0.1, -0.05) is 29.2 Å². The van der Waals surface area contributed by atoms with Gasteiger partial charge in [-0.05, 0) is 43.3 Å². The first-order chi connectivity index (χ1) is 13.6. The molecule has 3 aromatic rings. The van der Waals surface area contributed by atoms with Crippen LogP contribution < -0.4 is 20.1 Å². The molecule has 0 radical (unpaired) electrons. The Morgan fingerprint density at radius 2 is 1.79 bits per heavy atom. The molecule has 0 saturated carbocycles. The predicted molar refractivity (Wildman–Crippen MR) is 113 cm³/mol. The molecule has 146 valence electrons. The van der Waals surface area contributed by atoms with Gasteiger partial charge in [0.2, 0.25) is 11.0 Å². The number of aromatic nitrogens is 2. The lowest BCUT2D eigenvalue weighted by Crippen LogP contribution is -2.22. The van der Waals surface area contributed by atoms with Crippen LogP contribution in [0.4, 0.5) is 16.5 Å². The Bertz CT molecular complexity index is 931. The second-order valence-electron chi connectivity index (χ2n) is 5.71. The largest absolute Gasteiger partial charge is 0.497 e. The minimum atomic E-state index is -0.326. The van der Waals surface area contributed by atoms with E-state index in [1.54, 1.807) is 20.3 Å². The van der Waals surface area contributed by atoms with E-state index in [1.807, 2.05) is 49.4 Å². The molecule has 1 amide bonds. The first kappa shape index (κ1) is 20.0. The molecule has 0 fully saturated rings. The molecule has 2 aromatic carbocycles. The molecule has 0 spiro atoms. The number of hydrogen-bond acceptors (Lipinski definition) is 8. The summed E-state index contributed by atoms with van der Waals surface area (Å²) in [5.74, 6) is 1.37. The number of methoxy groups -OCH3 is 2. The number of nitrogens with zero attached hydrogens (tertiary/aromatic N) is 2. The van der Waals surface area contributed by atoms with E-state index in [9.17, 15) is 4.79 Å². The normalized spacial score (nSPS) is 11.5. The van der Waals surface area contributed by atoms with Gasteiger partial charge in [0.05, 0.1) is 19.5 Å². The molecule has 0 aliphatic rings. The van der Waals surface area contributed by atoms with E-state index >= 15 is 0 Å². The highest BCUT2D eigenvalue weighted by atomic mass is 32.2. The molecule has 3 rings (SSSR count). The van der Waals surface area contributed by atoms with Crippen LogP contribution in [-0.2, 0) is 4.79 Å². The molecule has 0 aliphatic carbocycles. The summed E-state index contributed by atoms with van der Waals surface area (Å²) in [4.78, 5) is 12.4. The highest BCUT2D eigenvalue weighted by molar-refractivity contribution is 8.02. The second kappa shape index (κ2) is 9.43. The third kappa shape index (κ3) is 5.37. The van der Waals surface area contributed by atoms with Gasteiger partial charge in [-0.25, -0.2) is 0 Å². The maximum Gasteiger partial charge on any atom is 0.237 e. The zero-order chi connectivity index (χ0) is 19.9. The van der Waals surface area contributed by atoms with Crippen molar-refractivity contribution in [1.29, 1.82) is 0 Å². The molecule has 9 heteroatoms. The third-order valence-electron chi connectivity index (χ3n) is 3.73. The number of thioether (sulfide) groups is 1. The minimum absolute atomic E-state index is 0.113. The van der Waals surface area contributed by atoms with Gasteiger partial charge in [-0.15, -0.1) is 10.2 Å². The summed E-state index contributed by atoms with van der Waals surface area (Å²) < 4.78 is 11.0. The summed E-state index contributed by atoms with van der Waals surface area (Å²) in [6.45, 7) is 1.83. The topological polar surface area (TPSA) is 85.4 Å². The fourth-order valence-electron chi connectivity index (χ4n) is 2.26. The van der Waals surface area contributed by atoms with E-state index in [4.69, 9.17) is 9.47 Å². The van der Waals surface area contributed by atoms with Gasteiger partial charge in [0.25, 0.3) is 0 Å². The lowest BCUT2D eigenvalue weighted by atomic mass is 10.3. The fourth-order valence-corrected chi connectivity index (χ4v) is 4.17. The quantitative estimate of drug-likeness (QED) is 0.526. The number of nitrogens with one attached hydrogen (secondary N) is 2. The molecule has 28 heavy (non-hydrogen) atoms. The van der Waals surface area contributed by atoms with E-state index in [0.29, 0.717) is 20.9 Å². The third-order valence-corrected chi connectivity index (χ3v) is 5.75. The van der Waals surface area contributed by atoms with Gasteiger partial charge in [-0.3, -0.25) is 4.79 Å². The summed E-state index contributed by atoms with van der Waals surface area (Å²) in [6, 6.07) is 14.8. The van der Waals surface area contributed by atoms with Gasteiger partial charge in [0, 0.05) is 17.4 Å². The van der Waals surface area contributed by atoms with E-state index < -0.39 is 0 Å². The van der Waals surface area contributed by atoms with E-state index in [2.05, 4.69) is 20.8 Å². The molecule has 1 aromatic heterocycles. The smallest absolute Gasteiger partial charge is 0.237 e. The number of hydrogen-bond donors (Lipinski definition) is 2. The number of rotatable bonds is 8. The highest BCUT2D eigenvalue weighted by Crippen LogP contribution is 2.31. The van der Waals surface area contributed by atoms with Crippen LogP contribution in [-0.4, -0.2) is 35.6 Å². The van der Waals surface area contributed by atoms with Crippen LogP contribution in [0.5, 0.6) is 11.5 Å². The Kier molecular flexibility index (Phi) is 6.72. The highest BCUT2D eigenvalue weighted by Gasteiger charge is 2.17. The average Bonchev–Trinajstić information content (AvgIpc) is 3.15. The Morgan fingerprint density at radius 3 is 2.50 bits per heavy atom. The van der Waals surface area contributed by atoms with Crippen LogP contribution in [0.1, 0.15) is 6.92 Å². The minimum Gasteiger partial charge on any atom is -0.497 e. The maximum atomic E-state index is 12.4. The van der Waals surface area contributed by atoms with Crippen molar-refractivity contribution in [2.45, 2.75) is 16.5 Å². The number of carbonyl (C=O) groups is 1. The Morgan fingerprint density at radius 1 is 1.04 bits per heavy atom. The summed E-state index contributed by atoms with van der Waals surface area (Å²) in [7, 11) is 3.22. The van der Waals surface area contributed by atoms with Gasteiger partial charge < -0.3 is 20.1 Å². The fraction of sp³-hybridized carbons (Fsp3) is 0.211. The number of anilines is 3. The van der Waals surface area contributed by atoms with Crippen LogP contribution in [0.25, 0.3) is 0 Å².